The molecule has 1 heterocycles. The first-order valence-corrected chi connectivity index (χ1v) is 7.32. The molecule has 2 rings (SSSR count). The number of carboxylic acids is 1. The number of carbonyl (C=O) groups is 2. The number of nitrogens with two attached hydrogens (primary N) is 1. The predicted octanol–water partition coefficient (Wildman–Crippen LogP) is 2.06. The van der Waals surface area contributed by atoms with Crippen LogP contribution in [0.4, 0.5) is 5.69 Å². The average molecular weight is 290 g/mol. The maximum Gasteiger partial charge on any atom is 0.329 e. The standard InChI is InChI=1S/C16H22N2O3/c1-16(15(20)21)10-2-3-11-18(16)14(19)9-6-12-4-7-13(17)8-5-12/h4-5,7-8H,2-3,6,9-11,17H2,1H3,(H,20,21). The highest BCUT2D eigenvalue weighted by Gasteiger charge is 2.43. The van der Waals surface area contributed by atoms with Crippen LogP contribution >= 0.6 is 0 Å². The van der Waals surface area contributed by atoms with Crippen molar-refractivity contribution >= 4 is 17.6 Å². The molecule has 5 heteroatoms. The Hall–Kier alpha value is -2.04. The van der Waals surface area contributed by atoms with Crippen molar-refractivity contribution in [2.45, 2.75) is 44.6 Å². The summed E-state index contributed by atoms with van der Waals surface area (Å²) < 4.78 is 0. The molecule has 21 heavy (non-hydrogen) atoms. The van der Waals surface area contributed by atoms with Gasteiger partial charge in [-0.1, -0.05) is 12.1 Å². The maximum absolute atomic E-state index is 12.4. The van der Waals surface area contributed by atoms with Crippen molar-refractivity contribution in [1.82, 2.24) is 4.90 Å². The quantitative estimate of drug-likeness (QED) is 0.831. The number of aryl methyl sites for hydroxylation is 1. The summed E-state index contributed by atoms with van der Waals surface area (Å²) in [5.41, 5.74) is 6.30. The Morgan fingerprint density at radius 3 is 2.57 bits per heavy atom. The summed E-state index contributed by atoms with van der Waals surface area (Å²) in [4.78, 5) is 25.4. The second-order valence-corrected chi connectivity index (χ2v) is 5.82. The molecule has 1 amide bonds. The van der Waals surface area contributed by atoms with E-state index in [0.717, 1.165) is 18.4 Å². The molecule has 5 nitrogen and oxygen atoms in total. The fourth-order valence-corrected chi connectivity index (χ4v) is 2.81. The first kappa shape index (κ1) is 15.4. The second kappa shape index (κ2) is 6.16. The van der Waals surface area contributed by atoms with E-state index in [9.17, 15) is 14.7 Å². The van der Waals surface area contributed by atoms with Crippen LogP contribution in [0.2, 0.25) is 0 Å². The fourth-order valence-electron chi connectivity index (χ4n) is 2.81. The fraction of sp³-hybridized carbons (Fsp3) is 0.500. The minimum atomic E-state index is -1.06. The zero-order valence-electron chi connectivity index (χ0n) is 12.3. The van der Waals surface area contributed by atoms with Crippen molar-refractivity contribution in [3.8, 4) is 0 Å². The van der Waals surface area contributed by atoms with Gasteiger partial charge in [0.2, 0.25) is 5.91 Å². The Kier molecular flexibility index (Phi) is 4.50. The first-order valence-electron chi connectivity index (χ1n) is 7.32. The number of rotatable bonds is 4. The third-order valence-corrected chi connectivity index (χ3v) is 4.26. The van der Waals surface area contributed by atoms with Crippen LogP contribution in [-0.2, 0) is 16.0 Å². The third-order valence-electron chi connectivity index (χ3n) is 4.26. The number of hydrogen-bond acceptors (Lipinski definition) is 3. The van der Waals surface area contributed by atoms with Gasteiger partial charge in [0.05, 0.1) is 0 Å². The summed E-state index contributed by atoms with van der Waals surface area (Å²) in [7, 11) is 0. The molecule has 3 N–H and O–H groups in total. The van der Waals surface area contributed by atoms with Crippen molar-refractivity contribution in [2.75, 3.05) is 12.3 Å². The number of nitrogen functional groups attached to an aromatic ring is 1. The number of amides is 1. The third kappa shape index (κ3) is 3.35. The lowest BCUT2D eigenvalue weighted by Gasteiger charge is -2.41. The molecule has 1 saturated heterocycles. The zero-order chi connectivity index (χ0) is 15.5. The van der Waals surface area contributed by atoms with E-state index in [-0.39, 0.29) is 5.91 Å². The summed E-state index contributed by atoms with van der Waals surface area (Å²) in [6, 6.07) is 7.41. The van der Waals surface area contributed by atoms with Crippen LogP contribution < -0.4 is 5.73 Å². The van der Waals surface area contributed by atoms with Gasteiger partial charge in [0, 0.05) is 18.7 Å². The molecule has 0 spiro atoms. The lowest BCUT2D eigenvalue weighted by Crippen LogP contribution is -2.57. The molecule has 0 bridgehead atoms. The lowest BCUT2D eigenvalue weighted by molar-refractivity contribution is -0.160. The molecule has 0 radical (unpaired) electrons. The Labute approximate surface area is 124 Å². The molecule has 114 valence electrons. The van der Waals surface area contributed by atoms with E-state index in [2.05, 4.69) is 0 Å². The zero-order valence-corrected chi connectivity index (χ0v) is 12.3. The number of carboxylic acid groups (broad SMARTS) is 1. The van der Waals surface area contributed by atoms with Crippen LogP contribution in [0.25, 0.3) is 0 Å². The normalized spacial score (nSPS) is 22.0. The Bertz CT molecular complexity index is 527. The smallest absolute Gasteiger partial charge is 0.329 e. The molecule has 1 aromatic carbocycles. The number of likely N-dealkylation sites (tertiary alicyclic amines) is 1. The molecule has 1 atom stereocenters. The van der Waals surface area contributed by atoms with E-state index in [1.54, 1.807) is 6.92 Å². The molecular formula is C16H22N2O3. The molecule has 0 aromatic heterocycles. The highest BCUT2D eigenvalue weighted by Crippen LogP contribution is 2.29. The Morgan fingerprint density at radius 1 is 1.29 bits per heavy atom. The SMILES string of the molecule is CC1(C(=O)O)CCCCN1C(=O)CCc1ccc(N)cc1. The van der Waals surface area contributed by atoms with Crippen LogP contribution in [0.3, 0.4) is 0 Å². The second-order valence-electron chi connectivity index (χ2n) is 5.82. The van der Waals surface area contributed by atoms with Gasteiger partial charge in [0.1, 0.15) is 5.54 Å². The number of hydrogen-bond donors (Lipinski definition) is 2. The summed E-state index contributed by atoms with van der Waals surface area (Å²) in [6.07, 6.45) is 3.18. The molecule has 1 fully saturated rings. The molecule has 1 aliphatic heterocycles. The van der Waals surface area contributed by atoms with Gasteiger partial charge in [-0.15, -0.1) is 0 Å². The number of nitrogens with zero attached hydrogens (tertiary/aromatic N) is 1. The van der Waals surface area contributed by atoms with Crippen LogP contribution in [0.5, 0.6) is 0 Å². The molecule has 0 saturated carbocycles. The summed E-state index contributed by atoms with van der Waals surface area (Å²) in [5.74, 6) is -1.00. The maximum atomic E-state index is 12.4. The largest absolute Gasteiger partial charge is 0.480 e. The number of carbonyl (C=O) groups excluding carboxylic acids is 1. The van der Waals surface area contributed by atoms with Crippen molar-refractivity contribution in [3.63, 3.8) is 0 Å². The molecule has 1 unspecified atom stereocenters. The highest BCUT2D eigenvalue weighted by atomic mass is 16.4. The van der Waals surface area contributed by atoms with Crippen molar-refractivity contribution in [1.29, 1.82) is 0 Å². The van der Waals surface area contributed by atoms with Crippen LogP contribution in [0.1, 0.15) is 38.2 Å². The van der Waals surface area contributed by atoms with Crippen molar-refractivity contribution in [2.24, 2.45) is 0 Å². The molecule has 1 aromatic rings. The van der Waals surface area contributed by atoms with Crippen LogP contribution in [-0.4, -0.2) is 34.0 Å². The summed E-state index contributed by atoms with van der Waals surface area (Å²) in [6.45, 7) is 2.18. The van der Waals surface area contributed by atoms with E-state index in [0.29, 0.717) is 31.5 Å². The minimum Gasteiger partial charge on any atom is -0.480 e. The van der Waals surface area contributed by atoms with Gasteiger partial charge in [-0.2, -0.15) is 0 Å². The molecule has 1 aliphatic rings. The number of aliphatic carboxylic acids is 1. The number of benzene rings is 1. The predicted molar refractivity (Wildman–Crippen MR) is 80.8 cm³/mol. The molecule has 0 aliphatic carbocycles. The first-order chi connectivity index (χ1) is 9.93. The number of anilines is 1. The van der Waals surface area contributed by atoms with Gasteiger partial charge >= 0.3 is 5.97 Å². The molecular weight excluding hydrogens is 268 g/mol. The van der Waals surface area contributed by atoms with Gasteiger partial charge in [-0.25, -0.2) is 4.79 Å². The topological polar surface area (TPSA) is 83.6 Å². The summed E-state index contributed by atoms with van der Waals surface area (Å²) >= 11 is 0. The van der Waals surface area contributed by atoms with Gasteiger partial charge < -0.3 is 15.7 Å². The van der Waals surface area contributed by atoms with E-state index < -0.39 is 11.5 Å². The lowest BCUT2D eigenvalue weighted by atomic mass is 9.88. The van der Waals surface area contributed by atoms with Crippen LogP contribution in [0.15, 0.2) is 24.3 Å². The minimum absolute atomic E-state index is 0.0866. The van der Waals surface area contributed by atoms with E-state index >= 15 is 0 Å². The van der Waals surface area contributed by atoms with Gasteiger partial charge in [0.15, 0.2) is 0 Å². The Balaban J connectivity index is 2.01. The van der Waals surface area contributed by atoms with Gasteiger partial charge in [0.25, 0.3) is 0 Å². The van der Waals surface area contributed by atoms with Crippen LogP contribution in [0, 0.1) is 0 Å². The van der Waals surface area contributed by atoms with E-state index in [4.69, 9.17) is 5.73 Å². The van der Waals surface area contributed by atoms with Crippen molar-refractivity contribution < 1.29 is 14.7 Å². The van der Waals surface area contributed by atoms with E-state index in [1.807, 2.05) is 24.3 Å². The van der Waals surface area contributed by atoms with Gasteiger partial charge in [-0.05, 0) is 50.3 Å². The Morgan fingerprint density at radius 2 is 1.95 bits per heavy atom. The summed E-state index contributed by atoms with van der Waals surface area (Å²) in [5, 5.41) is 9.42. The number of piperidine rings is 1. The van der Waals surface area contributed by atoms with E-state index in [1.165, 1.54) is 4.90 Å². The van der Waals surface area contributed by atoms with Crippen molar-refractivity contribution in [3.05, 3.63) is 29.8 Å². The highest BCUT2D eigenvalue weighted by molar-refractivity contribution is 5.87. The monoisotopic (exact) mass is 290 g/mol. The van der Waals surface area contributed by atoms with Gasteiger partial charge in [-0.3, -0.25) is 4.79 Å². The average Bonchev–Trinajstić information content (AvgIpc) is 2.46.